The van der Waals surface area contributed by atoms with Gasteiger partial charge >= 0.3 is 0 Å². The van der Waals surface area contributed by atoms with Crippen LogP contribution in [0.2, 0.25) is 0 Å². The van der Waals surface area contributed by atoms with Crippen LogP contribution in [0.5, 0.6) is 0 Å². The Morgan fingerprint density at radius 1 is 1.11 bits per heavy atom. The number of hydrogen-bond donors (Lipinski definition) is 1. The Labute approximate surface area is 220 Å². The lowest BCUT2D eigenvalue weighted by molar-refractivity contribution is 0.298. The number of likely N-dealkylation sites (tertiary alicyclic amines) is 1. The van der Waals surface area contributed by atoms with Crippen LogP contribution in [0.15, 0.2) is 64.5 Å². The summed E-state index contributed by atoms with van der Waals surface area (Å²) in [6, 6.07) is 9.90. The highest BCUT2D eigenvalue weighted by atomic mass is 15.2. The summed E-state index contributed by atoms with van der Waals surface area (Å²) in [6.07, 6.45) is 12.3. The van der Waals surface area contributed by atoms with Crippen LogP contribution in [-0.2, 0) is 6.42 Å². The Morgan fingerprint density at radius 3 is 2.44 bits per heavy atom. The summed E-state index contributed by atoms with van der Waals surface area (Å²) in [5.41, 5.74) is 7.29. The minimum atomic E-state index is 0.760. The first-order valence-electron chi connectivity index (χ1n) is 13.8. The lowest BCUT2D eigenvalue weighted by Crippen LogP contribution is -2.43. The zero-order chi connectivity index (χ0) is 26.2. The second kappa shape index (κ2) is 16.9. The molecule has 2 aliphatic heterocycles. The van der Waals surface area contributed by atoms with E-state index in [0.717, 1.165) is 63.3 Å². The molecule has 0 amide bonds. The van der Waals surface area contributed by atoms with E-state index in [1.165, 1.54) is 48.3 Å². The molecule has 5 heteroatoms. The number of nitrogens with zero attached hydrogens (tertiary/aromatic N) is 4. The molecular formula is C31H47N5. The van der Waals surface area contributed by atoms with Crippen molar-refractivity contribution in [2.75, 3.05) is 45.8 Å². The molecule has 2 heterocycles. The summed E-state index contributed by atoms with van der Waals surface area (Å²) in [5.74, 6) is 0. The van der Waals surface area contributed by atoms with E-state index in [9.17, 15) is 0 Å². The first-order valence-corrected chi connectivity index (χ1v) is 13.8. The van der Waals surface area contributed by atoms with Gasteiger partial charge in [-0.3, -0.25) is 9.89 Å². The fraction of sp³-hybridized carbons (Fsp3) is 0.548. The molecule has 1 aromatic carbocycles. The highest BCUT2D eigenvalue weighted by molar-refractivity contribution is 6.03. The standard InChI is InChI=1S/C21H36N4.C10H11N/c1-5-7-10-23-18(3)21(19(4)25-15-11-22-12-16-25)20(6-2)17-24-13-8-9-14-24;1-2-4-9-5-3-6-10(7-9)8-11/h6-7,10,22H,5,8-9,11-17H2,1-4H3;3,5-7H,2,4H2,1H3/b10-7+,20-6-,21-19-,23-18+;. The topological polar surface area (TPSA) is 54.7 Å². The van der Waals surface area contributed by atoms with Gasteiger partial charge in [-0.05, 0) is 82.8 Å². The zero-order valence-electron chi connectivity index (χ0n) is 23.3. The molecule has 0 radical (unpaired) electrons. The third-order valence-corrected chi connectivity index (χ3v) is 6.78. The van der Waals surface area contributed by atoms with Crippen molar-refractivity contribution in [3.05, 3.63) is 70.6 Å². The largest absolute Gasteiger partial charge is 0.372 e. The van der Waals surface area contributed by atoms with Crippen molar-refractivity contribution in [2.45, 2.75) is 66.7 Å². The number of nitriles is 1. The van der Waals surface area contributed by atoms with E-state index >= 15 is 0 Å². The van der Waals surface area contributed by atoms with Crippen LogP contribution in [0.3, 0.4) is 0 Å². The molecule has 0 bridgehead atoms. The molecule has 0 aromatic heterocycles. The molecule has 5 nitrogen and oxygen atoms in total. The lowest BCUT2D eigenvalue weighted by atomic mass is 9.98. The van der Waals surface area contributed by atoms with E-state index in [1.807, 2.05) is 24.4 Å². The Hall–Kier alpha value is -2.68. The van der Waals surface area contributed by atoms with Gasteiger partial charge in [-0.1, -0.05) is 44.6 Å². The average molecular weight is 490 g/mol. The molecular weight excluding hydrogens is 442 g/mol. The number of allylic oxidation sites excluding steroid dienone is 3. The van der Waals surface area contributed by atoms with Gasteiger partial charge in [0, 0.05) is 55.9 Å². The van der Waals surface area contributed by atoms with Gasteiger partial charge in [0.15, 0.2) is 0 Å². The molecule has 2 aliphatic rings. The number of piperazine rings is 1. The van der Waals surface area contributed by atoms with E-state index in [-0.39, 0.29) is 0 Å². The molecule has 0 atom stereocenters. The van der Waals surface area contributed by atoms with E-state index < -0.39 is 0 Å². The lowest BCUT2D eigenvalue weighted by Gasteiger charge is -2.33. The van der Waals surface area contributed by atoms with E-state index in [1.54, 1.807) is 0 Å². The van der Waals surface area contributed by atoms with Crippen molar-refractivity contribution in [3.8, 4) is 6.07 Å². The van der Waals surface area contributed by atoms with Crippen molar-refractivity contribution >= 4 is 5.71 Å². The first kappa shape index (κ1) is 29.5. The van der Waals surface area contributed by atoms with Crippen LogP contribution >= 0.6 is 0 Å². The fourth-order valence-electron chi connectivity index (χ4n) is 4.80. The Morgan fingerprint density at radius 2 is 1.83 bits per heavy atom. The monoisotopic (exact) mass is 489 g/mol. The van der Waals surface area contributed by atoms with Crippen LogP contribution in [0.1, 0.15) is 71.4 Å². The number of rotatable bonds is 9. The SMILES string of the molecule is CCCc1cccc(C#N)c1.C\C=C(CN1CCCC1)/C(C(/C)=N/C=C/CC)=C(/C)N1CCNCC1. The van der Waals surface area contributed by atoms with E-state index in [0.29, 0.717) is 0 Å². The molecule has 1 N–H and O–H groups in total. The number of nitrogens with one attached hydrogen (secondary N) is 1. The molecule has 2 fully saturated rings. The maximum atomic E-state index is 8.58. The quantitative estimate of drug-likeness (QED) is 0.336. The minimum absolute atomic E-state index is 0.760. The zero-order valence-corrected chi connectivity index (χ0v) is 23.3. The minimum Gasteiger partial charge on any atom is -0.372 e. The summed E-state index contributed by atoms with van der Waals surface area (Å²) in [4.78, 5) is 9.84. The third-order valence-electron chi connectivity index (χ3n) is 6.78. The van der Waals surface area contributed by atoms with Crippen LogP contribution in [0.25, 0.3) is 0 Å². The van der Waals surface area contributed by atoms with Crippen LogP contribution in [0.4, 0.5) is 0 Å². The van der Waals surface area contributed by atoms with Crippen molar-refractivity contribution < 1.29 is 0 Å². The van der Waals surface area contributed by atoms with Gasteiger partial charge in [-0.2, -0.15) is 5.26 Å². The maximum absolute atomic E-state index is 8.58. The van der Waals surface area contributed by atoms with Gasteiger partial charge in [0.1, 0.15) is 0 Å². The van der Waals surface area contributed by atoms with Crippen molar-refractivity contribution in [2.24, 2.45) is 4.99 Å². The molecule has 0 saturated carbocycles. The second-order valence-electron chi connectivity index (χ2n) is 9.56. The molecule has 0 unspecified atom stereocenters. The predicted octanol–water partition coefficient (Wildman–Crippen LogP) is 6.10. The van der Waals surface area contributed by atoms with Gasteiger partial charge in [0.25, 0.3) is 0 Å². The molecule has 3 rings (SSSR count). The average Bonchev–Trinajstić information content (AvgIpc) is 3.43. The molecule has 0 spiro atoms. The molecule has 1 aromatic rings. The van der Waals surface area contributed by atoms with Gasteiger partial charge < -0.3 is 10.2 Å². The van der Waals surface area contributed by atoms with Gasteiger partial charge in [0.05, 0.1) is 11.6 Å². The fourth-order valence-corrected chi connectivity index (χ4v) is 4.80. The number of hydrogen-bond acceptors (Lipinski definition) is 5. The molecule has 0 aliphatic carbocycles. The molecule has 2 saturated heterocycles. The summed E-state index contributed by atoms with van der Waals surface area (Å²) < 4.78 is 0. The predicted molar refractivity (Wildman–Crippen MR) is 154 cm³/mol. The third kappa shape index (κ3) is 9.76. The number of benzene rings is 1. The summed E-state index contributed by atoms with van der Waals surface area (Å²) >= 11 is 0. The first-order chi connectivity index (χ1) is 17.5. The molecule has 196 valence electrons. The van der Waals surface area contributed by atoms with Gasteiger partial charge in [-0.25, -0.2) is 0 Å². The van der Waals surface area contributed by atoms with Crippen LogP contribution in [-0.4, -0.2) is 61.3 Å². The Bertz CT molecular complexity index is 951. The molecule has 36 heavy (non-hydrogen) atoms. The van der Waals surface area contributed by atoms with Crippen molar-refractivity contribution in [1.29, 1.82) is 5.26 Å². The van der Waals surface area contributed by atoms with Gasteiger partial charge in [0.2, 0.25) is 0 Å². The maximum Gasteiger partial charge on any atom is 0.0991 e. The van der Waals surface area contributed by atoms with E-state index in [4.69, 9.17) is 10.3 Å². The number of aryl methyl sites for hydroxylation is 1. The summed E-state index contributed by atoms with van der Waals surface area (Å²) in [7, 11) is 0. The van der Waals surface area contributed by atoms with Crippen molar-refractivity contribution in [3.63, 3.8) is 0 Å². The highest BCUT2D eigenvalue weighted by Gasteiger charge is 2.21. The Balaban J connectivity index is 0.000000346. The van der Waals surface area contributed by atoms with Crippen molar-refractivity contribution in [1.82, 2.24) is 15.1 Å². The van der Waals surface area contributed by atoms with Crippen LogP contribution in [0, 0.1) is 11.3 Å². The van der Waals surface area contributed by atoms with E-state index in [2.05, 4.69) is 74.0 Å². The van der Waals surface area contributed by atoms with Crippen LogP contribution < -0.4 is 5.32 Å². The smallest absolute Gasteiger partial charge is 0.0991 e. The summed E-state index contributed by atoms with van der Waals surface area (Å²) in [6.45, 7) is 18.7. The number of aliphatic imine (C=N–C) groups is 1. The summed E-state index contributed by atoms with van der Waals surface area (Å²) in [5, 5.41) is 12.0. The van der Waals surface area contributed by atoms with Gasteiger partial charge in [-0.15, -0.1) is 0 Å². The normalized spacial score (nSPS) is 18.1. The highest BCUT2D eigenvalue weighted by Crippen LogP contribution is 2.23. The Kier molecular flexibility index (Phi) is 13.9. The second-order valence-corrected chi connectivity index (χ2v) is 9.56.